The molecule has 0 amide bonds. The van der Waals surface area contributed by atoms with Crippen molar-refractivity contribution in [3.63, 3.8) is 0 Å². The molecule has 4 rings (SSSR count). The third-order valence-corrected chi connectivity index (χ3v) is 4.76. The van der Waals surface area contributed by atoms with Crippen molar-refractivity contribution in [1.82, 2.24) is 0 Å². The third kappa shape index (κ3) is 1.65. The molecule has 0 saturated carbocycles. The van der Waals surface area contributed by atoms with Crippen LogP contribution in [0.5, 0.6) is 11.5 Å². The molecule has 0 unspecified atom stereocenters. The van der Waals surface area contributed by atoms with Crippen LogP contribution < -0.4 is 0 Å². The summed E-state index contributed by atoms with van der Waals surface area (Å²) >= 11 is 1.55. The van der Waals surface area contributed by atoms with Crippen LogP contribution >= 0.6 is 11.3 Å². The highest BCUT2D eigenvalue weighted by atomic mass is 32.1. The third-order valence-electron chi connectivity index (χ3n) is 3.66. The molecule has 0 radical (unpaired) electrons. The maximum atomic E-state index is 9.68. The zero-order valence-electron chi connectivity index (χ0n) is 10.8. The molecular weight excluding hydrogens is 282 g/mol. The minimum Gasteiger partial charge on any atom is -0.508 e. The van der Waals surface area contributed by atoms with Crippen molar-refractivity contribution in [2.45, 2.75) is 0 Å². The first-order chi connectivity index (χ1) is 10.2. The fraction of sp³-hybridized carbons (Fsp3) is 0. The van der Waals surface area contributed by atoms with Gasteiger partial charge in [-0.1, -0.05) is 0 Å². The molecule has 4 aromatic rings. The minimum atomic E-state index is 0.149. The second-order valence-electron chi connectivity index (χ2n) is 4.92. The first-order valence-corrected chi connectivity index (χ1v) is 7.20. The summed E-state index contributed by atoms with van der Waals surface area (Å²) in [6.07, 6.45) is 0. The predicted octanol–water partition coefficient (Wildman–Crippen LogP) is 4.49. The maximum absolute atomic E-state index is 9.68. The van der Waals surface area contributed by atoms with Crippen LogP contribution in [0.1, 0.15) is 5.56 Å². The summed E-state index contributed by atoms with van der Waals surface area (Å²) < 4.78 is 1.99. The van der Waals surface area contributed by atoms with Crippen molar-refractivity contribution in [3.05, 3.63) is 48.0 Å². The second kappa shape index (κ2) is 4.11. The number of phenolic OH excluding ortho intramolecular Hbond substituents is 2. The highest BCUT2D eigenvalue weighted by molar-refractivity contribution is 7.26. The van der Waals surface area contributed by atoms with E-state index in [2.05, 4.69) is 6.07 Å². The number of aromatic hydroxyl groups is 2. The number of phenols is 2. The predicted molar refractivity (Wildman–Crippen MR) is 84.9 cm³/mol. The van der Waals surface area contributed by atoms with E-state index in [0.29, 0.717) is 5.56 Å². The van der Waals surface area contributed by atoms with Gasteiger partial charge in [0, 0.05) is 25.6 Å². The Bertz CT molecular complexity index is 1070. The van der Waals surface area contributed by atoms with E-state index in [1.807, 2.05) is 18.2 Å². The lowest BCUT2D eigenvalue weighted by molar-refractivity contribution is 0.475. The molecule has 3 nitrogen and oxygen atoms in total. The summed E-state index contributed by atoms with van der Waals surface area (Å²) in [4.78, 5) is 0. The molecule has 0 aliphatic heterocycles. The van der Waals surface area contributed by atoms with Gasteiger partial charge in [-0.2, -0.15) is 5.26 Å². The molecule has 0 bridgehead atoms. The molecule has 0 aliphatic rings. The number of nitriles is 1. The Morgan fingerprint density at radius 3 is 2.29 bits per heavy atom. The van der Waals surface area contributed by atoms with Gasteiger partial charge in [0.05, 0.1) is 11.6 Å². The Morgan fingerprint density at radius 2 is 1.52 bits per heavy atom. The van der Waals surface area contributed by atoms with Crippen LogP contribution in [0.25, 0.3) is 30.9 Å². The van der Waals surface area contributed by atoms with E-state index in [4.69, 9.17) is 0 Å². The molecule has 0 saturated heterocycles. The number of thiophene rings is 1. The van der Waals surface area contributed by atoms with Crippen LogP contribution in [-0.4, -0.2) is 10.2 Å². The van der Waals surface area contributed by atoms with Crippen molar-refractivity contribution in [1.29, 1.82) is 5.26 Å². The second-order valence-corrected chi connectivity index (χ2v) is 6.01. The zero-order chi connectivity index (χ0) is 14.6. The van der Waals surface area contributed by atoms with Gasteiger partial charge in [-0.25, -0.2) is 0 Å². The first kappa shape index (κ1) is 12.0. The van der Waals surface area contributed by atoms with Crippen molar-refractivity contribution in [2.75, 3.05) is 0 Å². The van der Waals surface area contributed by atoms with E-state index in [1.165, 1.54) is 0 Å². The molecule has 1 aromatic heterocycles. The summed E-state index contributed by atoms with van der Waals surface area (Å²) in [5, 5.41) is 32.4. The fourth-order valence-electron chi connectivity index (χ4n) is 2.76. The van der Waals surface area contributed by atoms with Crippen LogP contribution in [0.3, 0.4) is 0 Å². The van der Waals surface area contributed by atoms with Crippen molar-refractivity contribution in [2.24, 2.45) is 0 Å². The van der Waals surface area contributed by atoms with E-state index in [9.17, 15) is 15.5 Å². The quantitative estimate of drug-likeness (QED) is 0.501. The monoisotopic (exact) mass is 291 g/mol. The molecule has 0 atom stereocenters. The van der Waals surface area contributed by atoms with E-state index in [-0.39, 0.29) is 11.5 Å². The van der Waals surface area contributed by atoms with E-state index in [1.54, 1.807) is 35.6 Å². The summed E-state index contributed by atoms with van der Waals surface area (Å²) in [6.45, 7) is 0. The molecule has 3 aromatic carbocycles. The van der Waals surface area contributed by atoms with Crippen molar-refractivity contribution in [3.8, 4) is 17.6 Å². The first-order valence-electron chi connectivity index (χ1n) is 6.38. The minimum absolute atomic E-state index is 0.149. The Morgan fingerprint density at radius 1 is 0.810 bits per heavy atom. The van der Waals surface area contributed by atoms with E-state index < -0.39 is 0 Å². The smallest absolute Gasteiger partial charge is 0.117 e. The number of rotatable bonds is 0. The van der Waals surface area contributed by atoms with Gasteiger partial charge >= 0.3 is 0 Å². The Hall–Kier alpha value is -2.77. The Balaban J connectivity index is 2.32. The van der Waals surface area contributed by atoms with Gasteiger partial charge in [0.2, 0.25) is 0 Å². The summed E-state index contributed by atoms with van der Waals surface area (Å²) in [5.74, 6) is 0.382. The SMILES string of the molecule is N#Cc1cc2sc3cc(O)ccc3c2c2ccc(O)cc12. The van der Waals surface area contributed by atoms with Crippen LogP contribution in [-0.2, 0) is 0 Å². The molecule has 0 fully saturated rings. The number of fused-ring (bicyclic) bond motifs is 5. The van der Waals surface area contributed by atoms with E-state index >= 15 is 0 Å². The lowest BCUT2D eigenvalue weighted by Crippen LogP contribution is -1.81. The number of benzene rings is 3. The molecule has 0 spiro atoms. The lowest BCUT2D eigenvalue weighted by atomic mass is 9.99. The summed E-state index contributed by atoms with van der Waals surface area (Å²) in [6, 6.07) is 14.4. The number of nitrogens with zero attached hydrogens (tertiary/aromatic N) is 1. The van der Waals surface area contributed by atoms with Crippen LogP contribution in [0.4, 0.5) is 0 Å². The average molecular weight is 291 g/mol. The fourth-order valence-corrected chi connectivity index (χ4v) is 3.95. The highest BCUT2D eigenvalue weighted by Crippen LogP contribution is 2.41. The van der Waals surface area contributed by atoms with Gasteiger partial charge in [-0.15, -0.1) is 11.3 Å². The Labute approximate surface area is 123 Å². The average Bonchev–Trinajstić information content (AvgIpc) is 2.83. The zero-order valence-corrected chi connectivity index (χ0v) is 11.6. The van der Waals surface area contributed by atoms with Gasteiger partial charge < -0.3 is 10.2 Å². The maximum Gasteiger partial charge on any atom is 0.117 e. The molecule has 2 N–H and O–H groups in total. The largest absolute Gasteiger partial charge is 0.508 e. The van der Waals surface area contributed by atoms with Crippen LogP contribution in [0, 0.1) is 11.3 Å². The standard InChI is InChI=1S/C17H9NO2S/c18-8-9-5-16-17(12-3-1-10(19)6-14(9)12)13-4-2-11(20)7-15(13)21-16/h1-7,19-20H. The topological polar surface area (TPSA) is 64.2 Å². The Kier molecular flexibility index (Phi) is 2.35. The van der Waals surface area contributed by atoms with Gasteiger partial charge in [-0.3, -0.25) is 0 Å². The molecule has 1 heterocycles. The molecule has 100 valence electrons. The summed E-state index contributed by atoms with van der Waals surface area (Å²) in [5.41, 5.74) is 0.546. The van der Waals surface area contributed by atoms with Crippen molar-refractivity contribution >= 4 is 42.3 Å². The number of hydrogen-bond donors (Lipinski definition) is 2. The molecule has 0 aliphatic carbocycles. The normalized spacial score (nSPS) is 11.2. The highest BCUT2D eigenvalue weighted by Gasteiger charge is 2.13. The lowest BCUT2D eigenvalue weighted by Gasteiger charge is -2.04. The van der Waals surface area contributed by atoms with E-state index in [0.717, 1.165) is 30.9 Å². The van der Waals surface area contributed by atoms with Gasteiger partial charge in [0.15, 0.2) is 0 Å². The van der Waals surface area contributed by atoms with Gasteiger partial charge in [-0.05, 0) is 47.9 Å². The van der Waals surface area contributed by atoms with Gasteiger partial charge in [0.1, 0.15) is 11.5 Å². The molecular formula is C17H9NO2S. The van der Waals surface area contributed by atoms with Crippen molar-refractivity contribution < 1.29 is 10.2 Å². The number of hydrogen-bond acceptors (Lipinski definition) is 4. The summed E-state index contributed by atoms with van der Waals surface area (Å²) in [7, 11) is 0. The molecule has 21 heavy (non-hydrogen) atoms. The van der Waals surface area contributed by atoms with Crippen LogP contribution in [0.2, 0.25) is 0 Å². The molecule has 4 heteroatoms. The van der Waals surface area contributed by atoms with Gasteiger partial charge in [0.25, 0.3) is 0 Å². The van der Waals surface area contributed by atoms with Crippen LogP contribution in [0.15, 0.2) is 42.5 Å².